The van der Waals surface area contributed by atoms with Gasteiger partial charge < -0.3 is 10.6 Å². The van der Waals surface area contributed by atoms with Crippen LogP contribution in [0.5, 0.6) is 0 Å². The lowest BCUT2D eigenvalue weighted by atomic mass is 9.85. The van der Waals surface area contributed by atoms with Crippen molar-refractivity contribution in [3.63, 3.8) is 0 Å². The van der Waals surface area contributed by atoms with Crippen LogP contribution in [0.4, 0.5) is 0 Å². The molecule has 1 aliphatic rings. The summed E-state index contributed by atoms with van der Waals surface area (Å²) < 4.78 is 0. The highest BCUT2D eigenvalue weighted by Gasteiger charge is 2.21. The van der Waals surface area contributed by atoms with Crippen molar-refractivity contribution in [2.24, 2.45) is 5.41 Å². The van der Waals surface area contributed by atoms with Crippen LogP contribution in [0.3, 0.4) is 0 Å². The van der Waals surface area contributed by atoms with Crippen LogP contribution < -0.4 is 10.6 Å². The fourth-order valence-electron chi connectivity index (χ4n) is 2.60. The minimum Gasteiger partial charge on any atom is -0.356 e. The van der Waals surface area contributed by atoms with Gasteiger partial charge in [0.1, 0.15) is 0 Å². The normalized spacial score (nSPS) is 18.4. The van der Waals surface area contributed by atoms with Crippen molar-refractivity contribution >= 4 is 30.1 Å². The summed E-state index contributed by atoms with van der Waals surface area (Å²) in [6.07, 6.45) is 1.57. The van der Waals surface area contributed by atoms with Gasteiger partial charge in [-0.1, -0.05) is 44.2 Å². The number of carbonyl (C=O) groups is 1. The largest absolute Gasteiger partial charge is 0.356 e. The highest BCUT2D eigenvalue weighted by atomic mass is 35.5. The van der Waals surface area contributed by atoms with Crippen molar-refractivity contribution in [1.82, 2.24) is 10.6 Å². The van der Waals surface area contributed by atoms with E-state index in [1.54, 1.807) is 0 Å². The predicted molar refractivity (Wildman–Crippen MR) is 97.9 cm³/mol. The van der Waals surface area contributed by atoms with Gasteiger partial charge in [0, 0.05) is 37.1 Å². The van der Waals surface area contributed by atoms with E-state index in [4.69, 9.17) is 0 Å². The van der Waals surface area contributed by atoms with E-state index in [1.807, 2.05) is 17.8 Å². The molecule has 1 aliphatic heterocycles. The number of nitrogens with one attached hydrogen (secondary N) is 2. The third-order valence-corrected chi connectivity index (χ3v) is 4.85. The zero-order valence-corrected chi connectivity index (χ0v) is 15.1. The Morgan fingerprint density at radius 3 is 2.73 bits per heavy atom. The van der Waals surface area contributed by atoms with Gasteiger partial charge in [0.2, 0.25) is 5.91 Å². The molecule has 0 aromatic heterocycles. The van der Waals surface area contributed by atoms with Crippen LogP contribution in [-0.2, 0) is 11.2 Å². The molecule has 5 heteroatoms. The van der Waals surface area contributed by atoms with Crippen molar-refractivity contribution in [1.29, 1.82) is 0 Å². The molecule has 0 saturated carbocycles. The SMILES string of the molecule is CC(C)(CNC(=O)CC1CSCCN1)Cc1ccccc1.Cl. The highest BCUT2D eigenvalue weighted by molar-refractivity contribution is 7.99. The molecule has 22 heavy (non-hydrogen) atoms. The second kappa shape index (κ2) is 9.43. The van der Waals surface area contributed by atoms with E-state index in [0.29, 0.717) is 12.5 Å². The molecule has 1 amide bonds. The number of hydrogen-bond acceptors (Lipinski definition) is 3. The van der Waals surface area contributed by atoms with E-state index < -0.39 is 0 Å². The summed E-state index contributed by atoms with van der Waals surface area (Å²) in [5.41, 5.74) is 1.40. The van der Waals surface area contributed by atoms with Gasteiger partial charge in [-0.3, -0.25) is 4.79 Å². The average molecular weight is 343 g/mol. The van der Waals surface area contributed by atoms with Crippen molar-refractivity contribution < 1.29 is 4.79 Å². The topological polar surface area (TPSA) is 41.1 Å². The number of rotatable bonds is 6. The molecule has 2 N–H and O–H groups in total. The lowest BCUT2D eigenvalue weighted by Crippen LogP contribution is -2.43. The first kappa shape index (κ1) is 19.3. The minimum atomic E-state index is 0. The third-order valence-electron chi connectivity index (χ3n) is 3.72. The molecule has 0 spiro atoms. The van der Waals surface area contributed by atoms with Gasteiger partial charge >= 0.3 is 0 Å². The minimum absolute atomic E-state index is 0. The molecule has 1 unspecified atom stereocenters. The highest BCUT2D eigenvalue weighted by Crippen LogP contribution is 2.20. The predicted octanol–water partition coefficient (Wildman–Crippen LogP) is 2.89. The molecule has 1 fully saturated rings. The molecular weight excluding hydrogens is 316 g/mol. The molecule has 1 aromatic carbocycles. The summed E-state index contributed by atoms with van der Waals surface area (Å²) >= 11 is 1.93. The second-order valence-electron chi connectivity index (χ2n) is 6.53. The average Bonchev–Trinajstić information content (AvgIpc) is 2.47. The van der Waals surface area contributed by atoms with Gasteiger partial charge in [-0.15, -0.1) is 12.4 Å². The molecule has 3 nitrogen and oxygen atoms in total. The number of benzene rings is 1. The number of carbonyl (C=O) groups excluding carboxylic acids is 1. The number of halogens is 1. The van der Waals surface area contributed by atoms with Crippen LogP contribution in [0.25, 0.3) is 0 Å². The fraction of sp³-hybridized carbons (Fsp3) is 0.588. The van der Waals surface area contributed by atoms with Gasteiger partial charge in [0.15, 0.2) is 0 Å². The molecule has 0 aliphatic carbocycles. The summed E-state index contributed by atoms with van der Waals surface area (Å²) in [4.78, 5) is 12.1. The molecule has 2 rings (SSSR count). The first-order chi connectivity index (χ1) is 10.1. The summed E-state index contributed by atoms with van der Waals surface area (Å²) in [5, 5.41) is 6.51. The summed E-state index contributed by atoms with van der Waals surface area (Å²) in [5.74, 6) is 2.36. The Morgan fingerprint density at radius 1 is 1.36 bits per heavy atom. The molecule has 1 saturated heterocycles. The van der Waals surface area contributed by atoms with Crippen molar-refractivity contribution in [3.05, 3.63) is 35.9 Å². The maximum absolute atomic E-state index is 12.1. The summed E-state index contributed by atoms with van der Waals surface area (Å²) in [7, 11) is 0. The monoisotopic (exact) mass is 342 g/mol. The Bertz CT molecular complexity index is 447. The smallest absolute Gasteiger partial charge is 0.221 e. The lowest BCUT2D eigenvalue weighted by molar-refractivity contribution is -0.121. The summed E-state index contributed by atoms with van der Waals surface area (Å²) in [6, 6.07) is 10.8. The molecule has 1 atom stereocenters. The maximum Gasteiger partial charge on any atom is 0.221 e. The van der Waals surface area contributed by atoms with Gasteiger partial charge in [-0.05, 0) is 17.4 Å². The Morgan fingerprint density at radius 2 is 2.09 bits per heavy atom. The Hall–Kier alpha value is -0.710. The molecule has 0 bridgehead atoms. The fourth-order valence-corrected chi connectivity index (χ4v) is 3.54. The molecule has 0 radical (unpaired) electrons. The van der Waals surface area contributed by atoms with Crippen LogP contribution in [0.15, 0.2) is 30.3 Å². The zero-order valence-electron chi connectivity index (χ0n) is 13.4. The Labute approximate surface area is 144 Å². The number of hydrogen-bond donors (Lipinski definition) is 2. The molecule has 1 heterocycles. The van der Waals surface area contributed by atoms with Crippen LogP contribution in [0.2, 0.25) is 0 Å². The molecular formula is C17H27ClN2OS. The van der Waals surface area contributed by atoms with Gasteiger partial charge in [-0.25, -0.2) is 0 Å². The lowest BCUT2D eigenvalue weighted by Gasteiger charge is -2.27. The van der Waals surface area contributed by atoms with Crippen molar-refractivity contribution in [3.8, 4) is 0 Å². The van der Waals surface area contributed by atoms with E-state index in [1.165, 1.54) is 5.56 Å². The van der Waals surface area contributed by atoms with Crippen molar-refractivity contribution in [2.75, 3.05) is 24.6 Å². The van der Waals surface area contributed by atoms with Crippen LogP contribution >= 0.6 is 24.2 Å². The van der Waals surface area contributed by atoms with E-state index in [9.17, 15) is 4.79 Å². The molecule has 124 valence electrons. The van der Waals surface area contributed by atoms with Crippen molar-refractivity contribution in [2.45, 2.75) is 32.7 Å². The zero-order chi connectivity index (χ0) is 15.1. The van der Waals surface area contributed by atoms with Crippen LogP contribution in [-0.4, -0.2) is 36.5 Å². The Balaban J connectivity index is 0.00000242. The van der Waals surface area contributed by atoms with Crippen LogP contribution in [0.1, 0.15) is 25.8 Å². The number of amides is 1. The van der Waals surface area contributed by atoms with Gasteiger partial charge in [-0.2, -0.15) is 11.8 Å². The van der Waals surface area contributed by atoms with Gasteiger partial charge in [0.25, 0.3) is 0 Å². The first-order valence-electron chi connectivity index (χ1n) is 7.67. The van der Waals surface area contributed by atoms with E-state index in [0.717, 1.165) is 31.0 Å². The second-order valence-corrected chi connectivity index (χ2v) is 7.68. The first-order valence-corrected chi connectivity index (χ1v) is 8.82. The van der Waals surface area contributed by atoms with E-state index >= 15 is 0 Å². The van der Waals surface area contributed by atoms with E-state index in [2.05, 4.69) is 48.7 Å². The maximum atomic E-state index is 12.1. The quantitative estimate of drug-likeness (QED) is 0.835. The number of thioether (sulfide) groups is 1. The Kier molecular flexibility index (Phi) is 8.29. The summed E-state index contributed by atoms with van der Waals surface area (Å²) in [6.45, 7) is 6.15. The third kappa shape index (κ3) is 7.03. The van der Waals surface area contributed by atoms with Gasteiger partial charge in [0.05, 0.1) is 0 Å². The standard InChI is InChI=1S/C17H26N2OS.ClH/c1-17(2,11-14-6-4-3-5-7-14)13-19-16(20)10-15-12-21-9-8-18-15;/h3-7,15,18H,8-13H2,1-2H3,(H,19,20);1H. The van der Waals surface area contributed by atoms with E-state index in [-0.39, 0.29) is 23.7 Å². The molecule has 1 aromatic rings. The van der Waals surface area contributed by atoms with Crippen LogP contribution in [0, 0.1) is 5.41 Å².